The number of amides is 1. The highest BCUT2D eigenvalue weighted by atomic mass is 16.5. The fraction of sp³-hybridized carbons (Fsp3) is 0.304. The Morgan fingerprint density at radius 1 is 0.966 bits per heavy atom. The Balaban J connectivity index is 1.90. The van der Waals surface area contributed by atoms with Crippen molar-refractivity contribution >= 4 is 29.1 Å². The van der Waals surface area contributed by atoms with E-state index in [1.165, 1.54) is 13.8 Å². The van der Waals surface area contributed by atoms with Gasteiger partial charge in [0.2, 0.25) is 0 Å². The highest BCUT2D eigenvalue weighted by Crippen LogP contribution is 2.17. The molecule has 152 valence electrons. The van der Waals surface area contributed by atoms with E-state index in [1.807, 2.05) is 26.0 Å². The number of carbonyl (C=O) groups excluding carboxylic acids is 4. The first-order valence-electron chi connectivity index (χ1n) is 9.39. The van der Waals surface area contributed by atoms with E-state index in [9.17, 15) is 19.2 Å². The fourth-order valence-electron chi connectivity index (χ4n) is 2.83. The van der Waals surface area contributed by atoms with E-state index in [0.29, 0.717) is 16.8 Å². The molecule has 1 N–H and O–H groups in total. The van der Waals surface area contributed by atoms with Gasteiger partial charge in [-0.25, -0.2) is 0 Å². The van der Waals surface area contributed by atoms with Crippen molar-refractivity contribution in [3.8, 4) is 0 Å². The number of aryl methyl sites for hydroxylation is 2. The van der Waals surface area contributed by atoms with Gasteiger partial charge in [0.05, 0.1) is 12.1 Å². The Bertz CT molecular complexity index is 948. The number of ether oxygens (including phenoxy) is 1. The lowest BCUT2D eigenvalue weighted by Gasteiger charge is -2.15. The number of benzene rings is 2. The van der Waals surface area contributed by atoms with Crippen molar-refractivity contribution in [3.63, 3.8) is 0 Å². The van der Waals surface area contributed by atoms with Gasteiger partial charge in [-0.1, -0.05) is 29.8 Å². The minimum Gasteiger partial charge on any atom is -0.453 e. The third-order valence-electron chi connectivity index (χ3n) is 4.49. The number of anilines is 1. The molecule has 0 saturated heterocycles. The van der Waals surface area contributed by atoms with Gasteiger partial charge in [0.25, 0.3) is 5.91 Å². The molecule has 0 fully saturated rings. The van der Waals surface area contributed by atoms with Gasteiger partial charge in [-0.3, -0.25) is 19.2 Å². The van der Waals surface area contributed by atoms with Crippen molar-refractivity contribution < 1.29 is 23.9 Å². The van der Waals surface area contributed by atoms with E-state index in [4.69, 9.17) is 4.74 Å². The Hall–Kier alpha value is -3.28. The number of rotatable bonds is 8. The van der Waals surface area contributed by atoms with Gasteiger partial charge < -0.3 is 10.1 Å². The van der Waals surface area contributed by atoms with Crippen LogP contribution in [0, 0.1) is 13.8 Å². The van der Waals surface area contributed by atoms with Crippen LogP contribution < -0.4 is 5.32 Å². The van der Waals surface area contributed by atoms with Crippen molar-refractivity contribution in [1.29, 1.82) is 0 Å². The molecule has 0 aliphatic rings. The van der Waals surface area contributed by atoms with E-state index in [-0.39, 0.29) is 24.4 Å². The van der Waals surface area contributed by atoms with Gasteiger partial charge in [0.15, 0.2) is 17.7 Å². The maximum absolute atomic E-state index is 12.4. The molecular formula is C23H25NO5. The smallest absolute Gasteiger partial charge is 0.307 e. The highest BCUT2D eigenvalue weighted by Gasteiger charge is 2.20. The molecule has 2 rings (SSSR count). The summed E-state index contributed by atoms with van der Waals surface area (Å²) in [6.45, 7) is 6.59. The molecule has 0 saturated carbocycles. The zero-order valence-corrected chi connectivity index (χ0v) is 17.1. The van der Waals surface area contributed by atoms with E-state index in [2.05, 4.69) is 5.32 Å². The van der Waals surface area contributed by atoms with Crippen LogP contribution in [0.15, 0.2) is 42.5 Å². The third-order valence-corrected chi connectivity index (χ3v) is 4.49. The molecule has 0 unspecified atom stereocenters. The van der Waals surface area contributed by atoms with Crippen LogP contribution in [-0.2, 0) is 14.3 Å². The summed E-state index contributed by atoms with van der Waals surface area (Å²) in [5, 5.41) is 2.60. The zero-order chi connectivity index (χ0) is 21.6. The highest BCUT2D eigenvalue weighted by molar-refractivity contribution is 6.05. The number of esters is 1. The quantitative estimate of drug-likeness (QED) is 0.538. The molecular weight excluding hydrogens is 370 g/mol. The Morgan fingerprint density at radius 3 is 2.34 bits per heavy atom. The van der Waals surface area contributed by atoms with Crippen LogP contribution in [0.3, 0.4) is 0 Å². The maximum atomic E-state index is 12.4. The lowest BCUT2D eigenvalue weighted by molar-refractivity contribution is -0.153. The second kappa shape index (κ2) is 9.78. The van der Waals surface area contributed by atoms with Gasteiger partial charge in [-0.05, 0) is 51.5 Å². The van der Waals surface area contributed by atoms with Gasteiger partial charge in [0.1, 0.15) is 0 Å². The van der Waals surface area contributed by atoms with Crippen LogP contribution in [-0.4, -0.2) is 29.5 Å². The second-order valence-corrected chi connectivity index (χ2v) is 6.96. The predicted octanol–water partition coefficient (Wildman–Crippen LogP) is 4.04. The molecule has 2 aromatic carbocycles. The molecule has 6 nitrogen and oxygen atoms in total. The fourth-order valence-corrected chi connectivity index (χ4v) is 2.83. The molecule has 0 aliphatic carbocycles. The Morgan fingerprint density at radius 2 is 1.66 bits per heavy atom. The van der Waals surface area contributed by atoms with Crippen LogP contribution in [0.4, 0.5) is 5.69 Å². The van der Waals surface area contributed by atoms with Crippen molar-refractivity contribution in [3.05, 3.63) is 64.7 Å². The molecule has 1 atom stereocenters. The van der Waals surface area contributed by atoms with E-state index >= 15 is 0 Å². The van der Waals surface area contributed by atoms with Crippen molar-refractivity contribution in [1.82, 2.24) is 0 Å². The first-order chi connectivity index (χ1) is 13.7. The zero-order valence-electron chi connectivity index (χ0n) is 17.1. The average Bonchev–Trinajstić information content (AvgIpc) is 2.68. The summed E-state index contributed by atoms with van der Waals surface area (Å²) in [4.78, 5) is 48.4. The summed E-state index contributed by atoms with van der Waals surface area (Å²) in [5.74, 6) is -1.51. The number of nitrogens with one attached hydrogen (secondary N) is 1. The largest absolute Gasteiger partial charge is 0.453 e. The molecule has 0 bridgehead atoms. The summed E-state index contributed by atoms with van der Waals surface area (Å²) in [6.07, 6.45) is -1.17. The number of hydrogen-bond acceptors (Lipinski definition) is 5. The van der Waals surface area contributed by atoms with E-state index in [0.717, 1.165) is 11.1 Å². The van der Waals surface area contributed by atoms with Crippen LogP contribution in [0.25, 0.3) is 0 Å². The molecule has 0 aromatic heterocycles. The molecule has 2 aromatic rings. The summed E-state index contributed by atoms with van der Waals surface area (Å²) >= 11 is 0. The maximum Gasteiger partial charge on any atom is 0.307 e. The Kier molecular flexibility index (Phi) is 7.42. The predicted molar refractivity (Wildman–Crippen MR) is 110 cm³/mol. The SMILES string of the molecule is CC(=O)c1ccccc1NC(=O)[C@H](C)OC(=O)CCC(=O)c1cc(C)ccc1C. The lowest BCUT2D eigenvalue weighted by Crippen LogP contribution is -2.30. The van der Waals surface area contributed by atoms with Crippen LogP contribution in [0.5, 0.6) is 0 Å². The molecule has 0 aliphatic heterocycles. The minimum absolute atomic E-state index is 0.00460. The first kappa shape index (κ1) is 22.0. The summed E-state index contributed by atoms with van der Waals surface area (Å²) < 4.78 is 5.14. The monoisotopic (exact) mass is 395 g/mol. The van der Waals surface area contributed by atoms with Crippen molar-refractivity contribution in [2.24, 2.45) is 0 Å². The first-order valence-corrected chi connectivity index (χ1v) is 9.39. The molecule has 0 heterocycles. The summed E-state index contributed by atoms with van der Waals surface area (Å²) in [5.41, 5.74) is 3.14. The van der Waals surface area contributed by atoms with Gasteiger partial charge in [-0.2, -0.15) is 0 Å². The summed E-state index contributed by atoms with van der Waals surface area (Å²) in [6, 6.07) is 12.2. The standard InChI is InChI=1S/C23H25NO5/c1-14-9-10-15(2)19(13-14)21(26)11-12-22(27)29-17(4)23(28)24-20-8-6-5-7-18(20)16(3)25/h5-10,13,17H,11-12H2,1-4H3,(H,24,28)/t17-/m0/s1. The van der Waals surface area contributed by atoms with Crippen LogP contribution in [0.2, 0.25) is 0 Å². The topological polar surface area (TPSA) is 89.5 Å². The molecule has 29 heavy (non-hydrogen) atoms. The van der Waals surface area contributed by atoms with Crippen molar-refractivity contribution in [2.75, 3.05) is 5.32 Å². The van der Waals surface area contributed by atoms with Crippen LogP contribution >= 0.6 is 0 Å². The number of para-hydroxylation sites is 1. The van der Waals surface area contributed by atoms with Crippen LogP contribution in [0.1, 0.15) is 58.5 Å². The van der Waals surface area contributed by atoms with E-state index < -0.39 is 18.0 Å². The van der Waals surface area contributed by atoms with Gasteiger partial charge in [-0.15, -0.1) is 0 Å². The van der Waals surface area contributed by atoms with Crippen molar-refractivity contribution in [2.45, 2.75) is 46.6 Å². The average molecular weight is 395 g/mol. The molecule has 6 heteroatoms. The number of hydrogen-bond donors (Lipinski definition) is 1. The number of Topliss-reactive ketones (excluding diaryl/α,β-unsaturated/α-hetero) is 2. The number of carbonyl (C=O) groups is 4. The minimum atomic E-state index is -1.06. The molecule has 0 spiro atoms. The third kappa shape index (κ3) is 6.10. The lowest BCUT2D eigenvalue weighted by atomic mass is 9.99. The Labute approximate surface area is 170 Å². The normalized spacial score (nSPS) is 11.4. The van der Waals surface area contributed by atoms with Gasteiger partial charge >= 0.3 is 5.97 Å². The number of ketones is 2. The van der Waals surface area contributed by atoms with E-state index in [1.54, 1.807) is 30.3 Å². The molecule has 0 radical (unpaired) electrons. The second-order valence-electron chi connectivity index (χ2n) is 6.96. The van der Waals surface area contributed by atoms with Gasteiger partial charge in [0, 0.05) is 17.5 Å². The summed E-state index contributed by atoms with van der Waals surface area (Å²) in [7, 11) is 0. The molecule has 1 amide bonds.